The molecule has 1 N–H and O–H groups in total. The smallest absolute Gasteiger partial charge is 0.335 e. The Kier molecular flexibility index (Phi) is 4.74. The molecule has 128 valence electrons. The summed E-state index contributed by atoms with van der Waals surface area (Å²) >= 11 is 0. The van der Waals surface area contributed by atoms with E-state index in [9.17, 15) is 9.59 Å². The Morgan fingerprint density at radius 3 is 2.46 bits per heavy atom. The quantitative estimate of drug-likeness (QED) is 0.864. The number of esters is 1. The average Bonchev–Trinajstić information content (AvgIpc) is 2.80. The summed E-state index contributed by atoms with van der Waals surface area (Å²) in [6.07, 6.45) is 5.44. The standard InChI is InChI=1S/C20H25NO3/c1-14-6-8-16(9-7-14)10-13-21-18(22)17-15(2)19(23)24-20(17)11-4-3-5-12-20/h6-9H,3-5,10-13H2,1-2H3,(H,21,22). The molecule has 0 aromatic heterocycles. The van der Waals surface area contributed by atoms with Crippen LogP contribution in [0, 0.1) is 6.92 Å². The predicted molar refractivity (Wildman–Crippen MR) is 92.5 cm³/mol. The number of amides is 1. The van der Waals surface area contributed by atoms with E-state index >= 15 is 0 Å². The molecular weight excluding hydrogens is 302 g/mol. The SMILES string of the molecule is CC1=C(C(=O)NCCc2ccc(C)cc2)C2(CCCCC2)OC1=O. The highest BCUT2D eigenvalue weighted by Gasteiger charge is 2.49. The third kappa shape index (κ3) is 3.23. The molecule has 2 aliphatic rings. The molecule has 1 aliphatic carbocycles. The molecule has 1 fully saturated rings. The molecule has 1 saturated carbocycles. The van der Waals surface area contributed by atoms with E-state index < -0.39 is 5.60 Å². The summed E-state index contributed by atoms with van der Waals surface area (Å²) in [5.41, 5.74) is 2.79. The summed E-state index contributed by atoms with van der Waals surface area (Å²) < 4.78 is 5.64. The van der Waals surface area contributed by atoms with E-state index in [1.54, 1.807) is 6.92 Å². The topological polar surface area (TPSA) is 55.4 Å². The Morgan fingerprint density at radius 2 is 1.79 bits per heavy atom. The largest absolute Gasteiger partial charge is 0.451 e. The first-order chi connectivity index (χ1) is 11.5. The minimum absolute atomic E-state index is 0.146. The molecule has 1 amide bonds. The van der Waals surface area contributed by atoms with E-state index in [1.165, 1.54) is 11.1 Å². The maximum absolute atomic E-state index is 12.7. The van der Waals surface area contributed by atoms with Crippen LogP contribution in [0.5, 0.6) is 0 Å². The molecule has 1 heterocycles. The van der Waals surface area contributed by atoms with Gasteiger partial charge in [0.1, 0.15) is 5.60 Å². The number of carbonyl (C=O) groups is 2. The maximum atomic E-state index is 12.7. The van der Waals surface area contributed by atoms with Crippen molar-refractivity contribution in [3.63, 3.8) is 0 Å². The van der Waals surface area contributed by atoms with Gasteiger partial charge in [-0.3, -0.25) is 4.79 Å². The zero-order chi connectivity index (χ0) is 17.2. The molecule has 4 heteroatoms. The Labute approximate surface area is 143 Å². The van der Waals surface area contributed by atoms with Gasteiger partial charge in [0.05, 0.1) is 5.57 Å². The van der Waals surface area contributed by atoms with Crippen molar-refractivity contribution in [1.82, 2.24) is 5.32 Å². The van der Waals surface area contributed by atoms with Crippen molar-refractivity contribution < 1.29 is 14.3 Å². The van der Waals surface area contributed by atoms with E-state index in [2.05, 4.69) is 36.5 Å². The molecule has 1 aliphatic heterocycles. The third-order valence-electron chi connectivity index (χ3n) is 5.13. The van der Waals surface area contributed by atoms with Gasteiger partial charge in [-0.15, -0.1) is 0 Å². The fourth-order valence-electron chi connectivity index (χ4n) is 3.76. The minimum atomic E-state index is -0.673. The van der Waals surface area contributed by atoms with Crippen molar-refractivity contribution in [2.75, 3.05) is 6.54 Å². The number of rotatable bonds is 4. The highest BCUT2D eigenvalue weighted by Crippen LogP contribution is 2.43. The molecule has 24 heavy (non-hydrogen) atoms. The van der Waals surface area contributed by atoms with Crippen molar-refractivity contribution in [3.8, 4) is 0 Å². The van der Waals surface area contributed by atoms with Gasteiger partial charge in [0.15, 0.2) is 0 Å². The lowest BCUT2D eigenvalue weighted by Crippen LogP contribution is -2.41. The highest BCUT2D eigenvalue weighted by molar-refractivity contribution is 6.07. The van der Waals surface area contributed by atoms with Crippen molar-refractivity contribution in [1.29, 1.82) is 0 Å². The van der Waals surface area contributed by atoms with Crippen LogP contribution in [0.1, 0.15) is 50.2 Å². The number of ether oxygens (including phenoxy) is 1. The molecule has 0 unspecified atom stereocenters. The lowest BCUT2D eigenvalue weighted by Gasteiger charge is -2.34. The summed E-state index contributed by atoms with van der Waals surface area (Å²) in [5.74, 6) is -0.479. The van der Waals surface area contributed by atoms with Crippen LogP contribution in [-0.4, -0.2) is 24.0 Å². The van der Waals surface area contributed by atoms with Gasteiger partial charge in [-0.2, -0.15) is 0 Å². The number of aryl methyl sites for hydroxylation is 1. The zero-order valence-corrected chi connectivity index (χ0v) is 14.5. The van der Waals surface area contributed by atoms with Crippen molar-refractivity contribution in [2.45, 2.75) is 58.0 Å². The number of nitrogens with one attached hydrogen (secondary N) is 1. The first-order valence-electron chi connectivity index (χ1n) is 8.80. The van der Waals surface area contributed by atoms with Crippen LogP contribution in [0.25, 0.3) is 0 Å². The lowest BCUT2D eigenvalue weighted by atomic mass is 9.78. The van der Waals surface area contributed by atoms with E-state index in [0.717, 1.165) is 38.5 Å². The summed E-state index contributed by atoms with van der Waals surface area (Å²) in [6.45, 7) is 4.32. The van der Waals surface area contributed by atoms with Crippen LogP contribution < -0.4 is 5.32 Å². The maximum Gasteiger partial charge on any atom is 0.335 e. The van der Waals surface area contributed by atoms with Crippen molar-refractivity contribution in [3.05, 3.63) is 46.5 Å². The summed E-state index contributed by atoms with van der Waals surface area (Å²) in [5, 5.41) is 2.98. The summed E-state index contributed by atoms with van der Waals surface area (Å²) in [4.78, 5) is 24.7. The van der Waals surface area contributed by atoms with E-state index in [4.69, 9.17) is 4.74 Å². The molecule has 1 aromatic carbocycles. The van der Waals surface area contributed by atoms with Crippen LogP contribution in [0.15, 0.2) is 35.4 Å². The second-order valence-electron chi connectivity index (χ2n) is 6.94. The fraction of sp³-hybridized carbons (Fsp3) is 0.500. The second-order valence-corrected chi connectivity index (χ2v) is 6.94. The van der Waals surface area contributed by atoms with Crippen molar-refractivity contribution in [2.24, 2.45) is 0 Å². The highest BCUT2D eigenvalue weighted by atomic mass is 16.6. The third-order valence-corrected chi connectivity index (χ3v) is 5.13. The fourth-order valence-corrected chi connectivity index (χ4v) is 3.76. The van der Waals surface area contributed by atoms with Crippen LogP contribution in [0.3, 0.4) is 0 Å². The molecule has 3 rings (SSSR count). The molecular formula is C20H25NO3. The van der Waals surface area contributed by atoms with E-state index in [-0.39, 0.29) is 11.9 Å². The second kappa shape index (κ2) is 6.80. The Morgan fingerprint density at radius 1 is 1.12 bits per heavy atom. The van der Waals surface area contributed by atoms with Crippen LogP contribution in [0.4, 0.5) is 0 Å². The summed E-state index contributed by atoms with van der Waals surface area (Å²) in [7, 11) is 0. The van der Waals surface area contributed by atoms with Crippen LogP contribution in [0.2, 0.25) is 0 Å². The first-order valence-corrected chi connectivity index (χ1v) is 8.80. The van der Waals surface area contributed by atoms with Gasteiger partial charge in [0.25, 0.3) is 5.91 Å². The van der Waals surface area contributed by atoms with Gasteiger partial charge in [0, 0.05) is 12.1 Å². The van der Waals surface area contributed by atoms with Gasteiger partial charge >= 0.3 is 5.97 Å². The lowest BCUT2D eigenvalue weighted by molar-refractivity contribution is -0.149. The molecule has 0 bridgehead atoms. The monoisotopic (exact) mass is 327 g/mol. The molecule has 0 radical (unpaired) electrons. The number of hydrogen-bond donors (Lipinski definition) is 1. The Hall–Kier alpha value is -2.10. The number of carbonyl (C=O) groups excluding carboxylic acids is 2. The molecule has 1 aromatic rings. The molecule has 0 atom stereocenters. The summed E-state index contributed by atoms with van der Waals surface area (Å²) in [6, 6.07) is 8.31. The zero-order valence-electron chi connectivity index (χ0n) is 14.5. The van der Waals surface area contributed by atoms with Gasteiger partial charge in [-0.1, -0.05) is 36.2 Å². The van der Waals surface area contributed by atoms with Crippen LogP contribution >= 0.6 is 0 Å². The molecule has 4 nitrogen and oxygen atoms in total. The van der Waals surface area contributed by atoms with Gasteiger partial charge in [-0.05, 0) is 51.5 Å². The Bertz CT molecular complexity index is 667. The van der Waals surface area contributed by atoms with E-state index in [1.807, 2.05) is 0 Å². The van der Waals surface area contributed by atoms with Gasteiger partial charge in [-0.25, -0.2) is 4.79 Å². The molecule has 1 spiro atoms. The normalized spacial score (nSPS) is 19.5. The molecule has 0 saturated heterocycles. The first kappa shape index (κ1) is 16.7. The van der Waals surface area contributed by atoms with Gasteiger partial charge < -0.3 is 10.1 Å². The predicted octanol–water partition coefficient (Wildman–Crippen LogP) is 3.23. The average molecular weight is 327 g/mol. The number of hydrogen-bond acceptors (Lipinski definition) is 3. The van der Waals surface area contributed by atoms with Crippen molar-refractivity contribution >= 4 is 11.9 Å². The van der Waals surface area contributed by atoms with Gasteiger partial charge in [0.2, 0.25) is 0 Å². The number of benzene rings is 1. The van der Waals surface area contributed by atoms with Crippen LogP contribution in [-0.2, 0) is 20.7 Å². The van der Waals surface area contributed by atoms with E-state index in [0.29, 0.717) is 17.7 Å². The Balaban J connectivity index is 1.66. The minimum Gasteiger partial charge on any atom is -0.451 e.